The minimum absolute atomic E-state index is 0.0987. The first kappa shape index (κ1) is 19.8. The normalized spacial score (nSPS) is 12.4. The van der Waals surface area contributed by atoms with Gasteiger partial charge in [-0.2, -0.15) is 5.26 Å². The lowest BCUT2D eigenvalue weighted by atomic mass is 9.79. The molecule has 4 nitrogen and oxygen atoms in total. The van der Waals surface area contributed by atoms with Crippen molar-refractivity contribution in [3.05, 3.63) is 42.5 Å². The van der Waals surface area contributed by atoms with Gasteiger partial charge in [-0.25, -0.2) is 0 Å². The van der Waals surface area contributed by atoms with Crippen LogP contribution in [0.15, 0.2) is 42.5 Å². The van der Waals surface area contributed by atoms with E-state index >= 15 is 0 Å². The molecule has 2 aromatic rings. The topological polar surface area (TPSA) is 59.3 Å². The Hall–Kier alpha value is -2.54. The summed E-state index contributed by atoms with van der Waals surface area (Å²) in [5.41, 5.74) is 0.0987. The number of esters is 1. The van der Waals surface area contributed by atoms with E-state index < -0.39 is 0 Å². The molecule has 0 aliphatic heterocycles. The molecule has 0 spiro atoms. The van der Waals surface area contributed by atoms with E-state index in [1.54, 1.807) is 6.26 Å². The highest BCUT2D eigenvalue weighted by Crippen LogP contribution is 2.31. The van der Waals surface area contributed by atoms with Gasteiger partial charge >= 0.3 is 5.97 Å². The van der Waals surface area contributed by atoms with Crippen molar-refractivity contribution in [3.8, 4) is 12.0 Å². The van der Waals surface area contributed by atoms with Gasteiger partial charge in [0.2, 0.25) is 0 Å². The summed E-state index contributed by atoms with van der Waals surface area (Å²) in [5.74, 6) is 0.710. The zero-order valence-corrected chi connectivity index (χ0v) is 15.8. The molecule has 2 aromatic carbocycles. The maximum absolute atomic E-state index is 12.1. The molecule has 0 fully saturated rings. The average molecular weight is 353 g/mol. The fourth-order valence-corrected chi connectivity index (χ4v) is 3.41. The summed E-state index contributed by atoms with van der Waals surface area (Å²) in [7, 11) is 0. The second-order valence-corrected chi connectivity index (χ2v) is 7.71. The standard InChI is InChI=1S/C22H27NO3/c1-17(15-25-16-23)14-22(2,3)12-6-9-21(24)26-20-11-10-18-7-4-5-8-19(18)13-20/h4-5,7-8,10-11,13,17H,6,9,12,14-15H2,1-3H3. The van der Waals surface area contributed by atoms with Gasteiger partial charge < -0.3 is 9.47 Å². The summed E-state index contributed by atoms with van der Waals surface area (Å²) in [6.45, 7) is 6.89. The molecular weight excluding hydrogens is 326 g/mol. The molecule has 0 aromatic heterocycles. The molecule has 0 aliphatic rings. The number of carbonyl (C=O) groups excluding carboxylic acids is 1. The third kappa shape index (κ3) is 6.40. The number of benzene rings is 2. The number of nitrogens with zero attached hydrogens (tertiary/aromatic N) is 1. The SMILES string of the molecule is CC(COC#N)CC(C)(C)CCCC(=O)Oc1ccc2ccccc2c1. The number of rotatable bonds is 9. The molecule has 2 rings (SSSR count). The van der Waals surface area contributed by atoms with Crippen LogP contribution in [0.1, 0.15) is 46.5 Å². The Morgan fingerprint density at radius 3 is 2.65 bits per heavy atom. The van der Waals surface area contributed by atoms with Crippen molar-refractivity contribution in [2.45, 2.75) is 46.5 Å². The van der Waals surface area contributed by atoms with Gasteiger partial charge in [-0.15, -0.1) is 0 Å². The molecule has 0 heterocycles. The van der Waals surface area contributed by atoms with Gasteiger partial charge in [0.25, 0.3) is 6.26 Å². The Morgan fingerprint density at radius 1 is 1.19 bits per heavy atom. The van der Waals surface area contributed by atoms with Crippen molar-refractivity contribution >= 4 is 16.7 Å². The lowest BCUT2D eigenvalue weighted by molar-refractivity contribution is -0.134. The molecule has 4 heteroatoms. The summed E-state index contributed by atoms with van der Waals surface area (Å²) < 4.78 is 10.3. The van der Waals surface area contributed by atoms with E-state index in [4.69, 9.17) is 14.7 Å². The van der Waals surface area contributed by atoms with Crippen LogP contribution in [0.25, 0.3) is 10.8 Å². The summed E-state index contributed by atoms with van der Waals surface area (Å²) in [5, 5.41) is 10.7. The van der Waals surface area contributed by atoms with Crippen LogP contribution >= 0.6 is 0 Å². The van der Waals surface area contributed by atoms with Crippen LogP contribution in [-0.4, -0.2) is 12.6 Å². The van der Waals surface area contributed by atoms with Gasteiger partial charge in [0, 0.05) is 6.42 Å². The lowest BCUT2D eigenvalue weighted by Gasteiger charge is -2.27. The number of fused-ring (bicyclic) bond motifs is 1. The van der Waals surface area contributed by atoms with Crippen molar-refractivity contribution in [1.82, 2.24) is 0 Å². The zero-order chi connectivity index (χ0) is 19.0. The predicted octanol–water partition coefficient (Wildman–Crippen LogP) is 5.47. The van der Waals surface area contributed by atoms with Crippen molar-refractivity contribution in [2.24, 2.45) is 11.3 Å². The van der Waals surface area contributed by atoms with E-state index in [-0.39, 0.29) is 11.4 Å². The molecule has 26 heavy (non-hydrogen) atoms. The van der Waals surface area contributed by atoms with E-state index in [1.807, 2.05) is 42.5 Å². The van der Waals surface area contributed by atoms with E-state index in [0.29, 0.717) is 24.7 Å². The molecule has 138 valence electrons. The molecule has 1 atom stereocenters. The van der Waals surface area contributed by atoms with Gasteiger partial charge in [-0.1, -0.05) is 51.1 Å². The number of carbonyl (C=O) groups is 1. The van der Waals surface area contributed by atoms with Gasteiger partial charge in [0.05, 0.1) is 0 Å². The highest BCUT2D eigenvalue weighted by molar-refractivity contribution is 5.84. The molecular formula is C22H27NO3. The molecule has 0 saturated carbocycles. The molecule has 0 N–H and O–H groups in total. The predicted molar refractivity (Wildman–Crippen MR) is 103 cm³/mol. The average Bonchev–Trinajstić information content (AvgIpc) is 2.59. The first-order valence-electron chi connectivity index (χ1n) is 9.10. The second-order valence-electron chi connectivity index (χ2n) is 7.71. The van der Waals surface area contributed by atoms with Crippen LogP contribution in [0, 0.1) is 22.9 Å². The quantitative estimate of drug-likeness (QED) is 0.341. The number of nitriles is 1. The fourth-order valence-electron chi connectivity index (χ4n) is 3.41. The fraction of sp³-hybridized carbons (Fsp3) is 0.455. The van der Waals surface area contributed by atoms with Gasteiger partial charge in [0.15, 0.2) is 0 Å². The smallest absolute Gasteiger partial charge is 0.311 e. The Morgan fingerprint density at radius 2 is 1.92 bits per heavy atom. The van der Waals surface area contributed by atoms with Crippen molar-refractivity contribution in [1.29, 1.82) is 5.26 Å². The van der Waals surface area contributed by atoms with E-state index in [0.717, 1.165) is 30.0 Å². The Kier molecular flexibility index (Phi) is 7.03. The monoisotopic (exact) mass is 353 g/mol. The molecule has 0 amide bonds. The first-order chi connectivity index (χ1) is 12.4. The van der Waals surface area contributed by atoms with E-state index in [2.05, 4.69) is 20.8 Å². The highest BCUT2D eigenvalue weighted by atomic mass is 16.5. The largest absolute Gasteiger partial charge is 0.427 e. The minimum Gasteiger partial charge on any atom is -0.427 e. The molecule has 0 bridgehead atoms. The summed E-state index contributed by atoms with van der Waals surface area (Å²) in [6, 6.07) is 13.7. The highest BCUT2D eigenvalue weighted by Gasteiger charge is 2.22. The third-order valence-electron chi connectivity index (χ3n) is 4.52. The second kappa shape index (κ2) is 9.24. The van der Waals surface area contributed by atoms with Gasteiger partial charge in [-0.3, -0.25) is 4.79 Å². The number of hydrogen-bond donors (Lipinski definition) is 0. The van der Waals surface area contributed by atoms with Gasteiger partial charge in [-0.05, 0) is 53.5 Å². The zero-order valence-electron chi connectivity index (χ0n) is 15.8. The van der Waals surface area contributed by atoms with Crippen LogP contribution in [0.2, 0.25) is 0 Å². The molecule has 0 aliphatic carbocycles. The lowest BCUT2D eigenvalue weighted by Crippen LogP contribution is -2.19. The van der Waals surface area contributed by atoms with Gasteiger partial charge in [0.1, 0.15) is 12.4 Å². The van der Waals surface area contributed by atoms with Crippen LogP contribution < -0.4 is 4.74 Å². The van der Waals surface area contributed by atoms with E-state index in [1.165, 1.54) is 0 Å². The Labute approximate surface area is 155 Å². The number of hydrogen-bond acceptors (Lipinski definition) is 4. The number of ether oxygens (including phenoxy) is 2. The molecule has 0 saturated heterocycles. The summed E-state index contributed by atoms with van der Waals surface area (Å²) in [6.07, 6.45) is 4.78. The van der Waals surface area contributed by atoms with Crippen LogP contribution in [0.4, 0.5) is 0 Å². The first-order valence-corrected chi connectivity index (χ1v) is 9.10. The summed E-state index contributed by atoms with van der Waals surface area (Å²) >= 11 is 0. The Balaban J connectivity index is 1.78. The van der Waals surface area contributed by atoms with Crippen LogP contribution in [-0.2, 0) is 9.53 Å². The van der Waals surface area contributed by atoms with E-state index in [9.17, 15) is 4.79 Å². The van der Waals surface area contributed by atoms with Crippen LogP contribution in [0.5, 0.6) is 5.75 Å². The molecule has 1 unspecified atom stereocenters. The third-order valence-corrected chi connectivity index (χ3v) is 4.52. The van der Waals surface area contributed by atoms with Crippen molar-refractivity contribution < 1.29 is 14.3 Å². The van der Waals surface area contributed by atoms with Crippen molar-refractivity contribution in [2.75, 3.05) is 6.61 Å². The maximum atomic E-state index is 12.1. The minimum atomic E-state index is -0.197. The van der Waals surface area contributed by atoms with Crippen LogP contribution in [0.3, 0.4) is 0 Å². The summed E-state index contributed by atoms with van der Waals surface area (Å²) in [4.78, 5) is 12.1. The Bertz CT molecular complexity index is 776. The van der Waals surface area contributed by atoms with Crippen molar-refractivity contribution in [3.63, 3.8) is 0 Å². The maximum Gasteiger partial charge on any atom is 0.311 e. The molecule has 0 radical (unpaired) electrons.